The molecule has 0 unspecified atom stereocenters. The van der Waals surface area contributed by atoms with Gasteiger partial charge < -0.3 is 19.3 Å². The monoisotopic (exact) mass is 477 g/mol. The molecule has 0 radical (unpaired) electrons. The number of anilines is 1. The van der Waals surface area contributed by atoms with Gasteiger partial charge in [-0.25, -0.2) is 0 Å². The third kappa shape index (κ3) is 6.94. The largest absolute Gasteiger partial charge is 0.389 e. The summed E-state index contributed by atoms with van der Waals surface area (Å²) in [6.07, 6.45) is 4.02. The number of nitrogens with zero attached hydrogens (tertiary/aromatic N) is 3. The molecule has 188 valence electrons. The molecule has 2 atom stereocenters. The van der Waals surface area contributed by atoms with Crippen LogP contribution in [0.25, 0.3) is 11.3 Å². The minimum Gasteiger partial charge on any atom is -0.389 e. The minimum absolute atomic E-state index is 0.298. The van der Waals surface area contributed by atoms with Gasteiger partial charge in [0.25, 0.3) is 0 Å². The van der Waals surface area contributed by atoms with Gasteiger partial charge in [0.1, 0.15) is 5.69 Å². The first-order valence-electron chi connectivity index (χ1n) is 13.0. The molecule has 35 heavy (non-hydrogen) atoms. The smallest absolute Gasteiger partial charge is 0.232 e. The Kier molecular flexibility index (Phi) is 9.35. The zero-order chi connectivity index (χ0) is 24.5. The Morgan fingerprint density at radius 3 is 2.40 bits per heavy atom. The van der Waals surface area contributed by atoms with E-state index in [1.807, 2.05) is 48.5 Å². The lowest BCUT2D eigenvalue weighted by Crippen LogP contribution is -2.40. The summed E-state index contributed by atoms with van der Waals surface area (Å²) in [5, 5.41) is 15.4. The minimum atomic E-state index is -0.578. The van der Waals surface area contributed by atoms with E-state index in [-0.39, 0.29) is 0 Å². The molecule has 6 heteroatoms. The highest BCUT2D eigenvalue weighted by molar-refractivity contribution is 5.68. The van der Waals surface area contributed by atoms with Crippen LogP contribution in [0.5, 0.6) is 0 Å². The molecule has 6 nitrogen and oxygen atoms in total. The molecule has 0 spiro atoms. The first kappa shape index (κ1) is 25.4. The fraction of sp³-hybridized carbons (Fsp3) is 0.483. The molecular weight excluding hydrogens is 438 g/mol. The molecule has 0 saturated carbocycles. The first-order chi connectivity index (χ1) is 17.2. The maximum absolute atomic E-state index is 10.9. The fourth-order valence-corrected chi connectivity index (χ4v) is 4.68. The van der Waals surface area contributed by atoms with Crippen molar-refractivity contribution in [2.75, 3.05) is 31.1 Å². The number of rotatable bonds is 12. The van der Waals surface area contributed by atoms with Crippen LogP contribution < -0.4 is 4.90 Å². The van der Waals surface area contributed by atoms with E-state index in [0.717, 1.165) is 47.8 Å². The van der Waals surface area contributed by atoms with E-state index < -0.39 is 6.10 Å². The standard InChI is InChI=1S/C29H39N3O3/c1-3-23(2)32(19-26(33)22-34-21-24-13-7-4-8-14-24)20-27-28(25-15-9-5-10-16-25)30-35-29(27)31-17-11-6-12-18-31/h4-5,7-10,13-16,23,26,33H,3,6,11-12,17-22H2,1-2H3/t23-,26+/m1/s1. The fourth-order valence-electron chi connectivity index (χ4n) is 4.68. The second-order valence-electron chi connectivity index (χ2n) is 9.57. The Bertz CT molecular complexity index is 1000. The Labute approximate surface area is 209 Å². The maximum atomic E-state index is 10.9. The van der Waals surface area contributed by atoms with E-state index in [4.69, 9.17) is 9.26 Å². The van der Waals surface area contributed by atoms with Gasteiger partial charge in [-0.3, -0.25) is 4.90 Å². The van der Waals surface area contributed by atoms with E-state index in [0.29, 0.717) is 32.3 Å². The number of aliphatic hydroxyl groups excluding tert-OH is 1. The highest BCUT2D eigenvalue weighted by Gasteiger charge is 2.27. The lowest BCUT2D eigenvalue weighted by Gasteiger charge is -2.32. The van der Waals surface area contributed by atoms with Crippen LogP contribution in [0.2, 0.25) is 0 Å². The average molecular weight is 478 g/mol. The number of piperidine rings is 1. The molecule has 4 rings (SSSR count). The van der Waals surface area contributed by atoms with Crippen LogP contribution in [0.4, 0.5) is 5.88 Å². The number of ether oxygens (including phenoxy) is 1. The zero-order valence-corrected chi connectivity index (χ0v) is 21.1. The molecule has 0 bridgehead atoms. The third-order valence-electron chi connectivity index (χ3n) is 6.90. The SMILES string of the molecule is CC[C@@H](C)N(Cc1c(-c2ccccc2)noc1N1CCCCC1)C[C@H](O)COCc1ccccc1. The van der Waals surface area contributed by atoms with Crippen LogP contribution in [0.15, 0.2) is 65.2 Å². The van der Waals surface area contributed by atoms with Gasteiger partial charge >= 0.3 is 0 Å². The highest BCUT2D eigenvalue weighted by Crippen LogP contribution is 2.34. The van der Waals surface area contributed by atoms with Gasteiger partial charge in [-0.15, -0.1) is 0 Å². The van der Waals surface area contributed by atoms with Crippen molar-refractivity contribution in [2.45, 2.75) is 64.8 Å². The van der Waals surface area contributed by atoms with Crippen LogP contribution in [-0.4, -0.2) is 53.6 Å². The summed E-state index contributed by atoms with van der Waals surface area (Å²) in [5.74, 6) is 0.881. The first-order valence-corrected chi connectivity index (χ1v) is 13.0. The number of hydrogen-bond acceptors (Lipinski definition) is 6. The van der Waals surface area contributed by atoms with Crippen molar-refractivity contribution in [3.05, 3.63) is 71.8 Å². The molecule has 1 fully saturated rings. The average Bonchev–Trinajstić information content (AvgIpc) is 3.33. The Morgan fingerprint density at radius 2 is 1.71 bits per heavy atom. The van der Waals surface area contributed by atoms with Gasteiger partial charge in [0.2, 0.25) is 5.88 Å². The summed E-state index contributed by atoms with van der Waals surface area (Å²) in [5.41, 5.74) is 4.18. The van der Waals surface area contributed by atoms with Crippen molar-refractivity contribution in [3.63, 3.8) is 0 Å². The summed E-state index contributed by atoms with van der Waals surface area (Å²) < 4.78 is 11.8. The second-order valence-corrected chi connectivity index (χ2v) is 9.57. The van der Waals surface area contributed by atoms with Crippen LogP contribution in [0, 0.1) is 0 Å². The number of aliphatic hydroxyl groups is 1. The second kappa shape index (κ2) is 12.9. The molecule has 1 aliphatic rings. The van der Waals surface area contributed by atoms with E-state index in [1.54, 1.807) is 0 Å². The predicted molar refractivity (Wildman–Crippen MR) is 140 cm³/mol. The van der Waals surface area contributed by atoms with E-state index in [9.17, 15) is 5.11 Å². The number of benzene rings is 2. The van der Waals surface area contributed by atoms with Crippen LogP contribution in [0.3, 0.4) is 0 Å². The van der Waals surface area contributed by atoms with E-state index in [1.165, 1.54) is 19.3 Å². The Balaban J connectivity index is 1.50. The van der Waals surface area contributed by atoms with Gasteiger partial charge in [-0.2, -0.15) is 0 Å². The summed E-state index contributed by atoms with van der Waals surface area (Å²) >= 11 is 0. The van der Waals surface area contributed by atoms with Crippen molar-refractivity contribution >= 4 is 5.88 Å². The van der Waals surface area contributed by atoms with Crippen molar-refractivity contribution < 1.29 is 14.4 Å². The molecule has 2 heterocycles. The topological polar surface area (TPSA) is 62.0 Å². The van der Waals surface area contributed by atoms with Crippen LogP contribution in [-0.2, 0) is 17.9 Å². The van der Waals surface area contributed by atoms with Crippen molar-refractivity contribution in [2.24, 2.45) is 0 Å². The molecule has 0 aliphatic carbocycles. The molecule has 1 N–H and O–H groups in total. The van der Waals surface area contributed by atoms with Crippen LogP contribution >= 0.6 is 0 Å². The summed E-state index contributed by atoms with van der Waals surface area (Å²) in [6, 6.07) is 20.6. The van der Waals surface area contributed by atoms with Gasteiger partial charge in [0.15, 0.2) is 0 Å². The predicted octanol–water partition coefficient (Wildman–Crippen LogP) is 5.51. The summed E-state index contributed by atoms with van der Waals surface area (Å²) in [6.45, 7) is 8.40. The van der Waals surface area contributed by atoms with Crippen LogP contribution in [0.1, 0.15) is 50.7 Å². The van der Waals surface area contributed by atoms with Crippen molar-refractivity contribution in [1.82, 2.24) is 10.1 Å². The number of hydrogen-bond donors (Lipinski definition) is 1. The number of aromatic nitrogens is 1. The molecule has 3 aromatic rings. The van der Waals surface area contributed by atoms with Gasteiger partial charge in [0.05, 0.1) is 24.9 Å². The zero-order valence-electron chi connectivity index (χ0n) is 21.1. The normalized spacial score (nSPS) is 15.9. The molecule has 2 aromatic carbocycles. The van der Waals surface area contributed by atoms with Crippen molar-refractivity contribution in [1.29, 1.82) is 0 Å². The molecule has 1 saturated heterocycles. The highest BCUT2D eigenvalue weighted by atomic mass is 16.5. The maximum Gasteiger partial charge on any atom is 0.232 e. The van der Waals surface area contributed by atoms with Crippen molar-refractivity contribution in [3.8, 4) is 11.3 Å². The third-order valence-corrected chi connectivity index (χ3v) is 6.90. The molecule has 1 aromatic heterocycles. The van der Waals surface area contributed by atoms with Gasteiger partial charge in [-0.05, 0) is 38.2 Å². The quantitative estimate of drug-likeness (QED) is 0.371. The molecule has 0 amide bonds. The summed E-state index contributed by atoms with van der Waals surface area (Å²) in [4.78, 5) is 4.68. The molecule has 1 aliphatic heterocycles. The van der Waals surface area contributed by atoms with E-state index in [2.05, 4.69) is 40.9 Å². The summed E-state index contributed by atoms with van der Waals surface area (Å²) in [7, 11) is 0. The van der Waals surface area contributed by atoms with Gasteiger partial charge in [-0.1, -0.05) is 72.7 Å². The molecular formula is C29H39N3O3. The lowest BCUT2D eigenvalue weighted by atomic mass is 10.0. The van der Waals surface area contributed by atoms with Gasteiger partial charge in [0, 0.05) is 37.8 Å². The lowest BCUT2D eigenvalue weighted by molar-refractivity contribution is 0.00147. The Morgan fingerprint density at radius 1 is 1.03 bits per heavy atom. The van der Waals surface area contributed by atoms with E-state index >= 15 is 0 Å². The Hall–Kier alpha value is -2.67.